The van der Waals surface area contributed by atoms with Crippen LogP contribution >= 0.6 is 34.8 Å². The lowest BCUT2D eigenvalue weighted by molar-refractivity contribution is -0.115. The molecule has 1 aliphatic carbocycles. The molecule has 6 heteroatoms. The first-order chi connectivity index (χ1) is 6.00. The van der Waals surface area contributed by atoms with Crippen LogP contribution < -0.4 is 5.32 Å². The fourth-order valence-electron chi connectivity index (χ4n) is 0.842. The van der Waals surface area contributed by atoms with E-state index in [9.17, 15) is 9.59 Å². The average molecular weight is 240 g/mol. The maximum Gasteiger partial charge on any atom is 0.223 e. The summed E-state index contributed by atoms with van der Waals surface area (Å²) in [6.45, 7) is 0. The molecule has 0 unspecified atom stereocenters. The fourth-order valence-corrected chi connectivity index (χ4v) is 1.53. The van der Waals surface area contributed by atoms with Gasteiger partial charge in [-0.2, -0.15) is 0 Å². The first kappa shape index (κ1) is 10.6. The molecule has 0 amide bonds. The molecule has 0 bridgehead atoms. The van der Waals surface area contributed by atoms with Gasteiger partial charge in [0.1, 0.15) is 20.8 Å². The Kier molecular flexibility index (Phi) is 3.01. The summed E-state index contributed by atoms with van der Waals surface area (Å²) in [5.74, 6) is -1.21. The molecule has 0 saturated carbocycles. The summed E-state index contributed by atoms with van der Waals surface area (Å²) in [7, 11) is 1.46. The molecule has 1 rings (SSSR count). The second-order valence-corrected chi connectivity index (χ2v) is 3.36. The number of hydrogen-bond donors (Lipinski definition) is 1. The summed E-state index contributed by atoms with van der Waals surface area (Å²) < 4.78 is 0. The van der Waals surface area contributed by atoms with Gasteiger partial charge < -0.3 is 5.32 Å². The minimum Gasteiger partial charge on any atom is -0.384 e. The molecular weight excluding hydrogens is 236 g/mol. The molecule has 1 aliphatic rings. The third kappa shape index (κ3) is 1.59. The van der Waals surface area contributed by atoms with Gasteiger partial charge in [0, 0.05) is 7.05 Å². The quantitative estimate of drug-likeness (QED) is 0.707. The topological polar surface area (TPSA) is 46.2 Å². The third-order valence-electron chi connectivity index (χ3n) is 1.49. The lowest BCUT2D eigenvalue weighted by atomic mass is 10.1. The Balaban J connectivity index is 3.29. The molecule has 13 heavy (non-hydrogen) atoms. The van der Waals surface area contributed by atoms with E-state index >= 15 is 0 Å². The molecular formula is C7H4Cl3NO2. The van der Waals surface area contributed by atoms with Gasteiger partial charge in [-0.15, -0.1) is 0 Å². The Labute approximate surface area is 89.3 Å². The summed E-state index contributed by atoms with van der Waals surface area (Å²) in [6.07, 6.45) is 0. The number of halogens is 3. The first-order valence-corrected chi connectivity index (χ1v) is 4.36. The van der Waals surface area contributed by atoms with Crippen LogP contribution in [0.5, 0.6) is 0 Å². The van der Waals surface area contributed by atoms with E-state index in [4.69, 9.17) is 34.8 Å². The summed E-state index contributed by atoms with van der Waals surface area (Å²) in [6, 6.07) is 0. The zero-order valence-corrected chi connectivity index (χ0v) is 8.72. The van der Waals surface area contributed by atoms with E-state index < -0.39 is 11.6 Å². The Hall–Kier alpha value is -0.510. The Morgan fingerprint density at radius 2 is 1.38 bits per heavy atom. The summed E-state index contributed by atoms with van der Waals surface area (Å²) in [5.41, 5.74) is -0.0268. The zero-order chi connectivity index (χ0) is 10.2. The number of allylic oxidation sites excluding steroid dienone is 3. The van der Waals surface area contributed by atoms with Crippen molar-refractivity contribution in [1.82, 2.24) is 5.32 Å². The van der Waals surface area contributed by atoms with Crippen LogP contribution in [0.3, 0.4) is 0 Å². The van der Waals surface area contributed by atoms with E-state index in [1.807, 2.05) is 0 Å². The number of carbonyl (C=O) groups is 2. The SMILES string of the molecule is CNC1=C(Cl)C(=O)C(Cl)=C(Cl)C1=O. The highest BCUT2D eigenvalue weighted by molar-refractivity contribution is 6.64. The summed E-state index contributed by atoms with van der Waals surface area (Å²) >= 11 is 16.5. The maximum absolute atomic E-state index is 11.3. The second-order valence-electron chi connectivity index (χ2n) is 2.23. The van der Waals surface area contributed by atoms with Crippen molar-refractivity contribution < 1.29 is 9.59 Å². The highest BCUT2D eigenvalue weighted by atomic mass is 35.5. The molecule has 0 aromatic carbocycles. The van der Waals surface area contributed by atoms with Gasteiger partial charge in [-0.1, -0.05) is 34.8 Å². The highest BCUT2D eigenvalue weighted by Crippen LogP contribution is 2.29. The fraction of sp³-hybridized carbons (Fsp3) is 0.143. The van der Waals surface area contributed by atoms with Crippen LogP contribution in [0.25, 0.3) is 0 Å². The molecule has 0 saturated heterocycles. The molecule has 70 valence electrons. The van der Waals surface area contributed by atoms with E-state index in [1.54, 1.807) is 0 Å². The van der Waals surface area contributed by atoms with Gasteiger partial charge in [-0.25, -0.2) is 0 Å². The van der Waals surface area contributed by atoms with Crippen molar-refractivity contribution in [3.05, 3.63) is 20.8 Å². The molecule has 0 aromatic heterocycles. The standard InChI is InChI=1S/C7H4Cl3NO2/c1-11-5-4(10)6(12)2(8)3(9)7(5)13/h11H,1H3. The number of nitrogens with one attached hydrogen (secondary N) is 1. The van der Waals surface area contributed by atoms with E-state index in [0.29, 0.717) is 0 Å². The Morgan fingerprint density at radius 3 is 1.85 bits per heavy atom. The lowest BCUT2D eigenvalue weighted by Gasteiger charge is -2.13. The number of hydrogen-bond acceptors (Lipinski definition) is 3. The van der Waals surface area contributed by atoms with Crippen LogP contribution in [-0.4, -0.2) is 18.6 Å². The molecule has 0 aromatic rings. The van der Waals surface area contributed by atoms with Gasteiger partial charge in [0.05, 0.1) is 0 Å². The summed E-state index contributed by atoms with van der Waals surface area (Å²) in [4.78, 5) is 22.5. The number of ketones is 2. The smallest absolute Gasteiger partial charge is 0.223 e. The molecule has 0 fully saturated rings. The van der Waals surface area contributed by atoms with Crippen LogP contribution in [0.4, 0.5) is 0 Å². The molecule has 3 nitrogen and oxygen atoms in total. The third-order valence-corrected chi connectivity index (χ3v) is 2.67. The van der Waals surface area contributed by atoms with Crippen molar-refractivity contribution in [2.24, 2.45) is 0 Å². The van der Waals surface area contributed by atoms with E-state index in [0.717, 1.165) is 0 Å². The monoisotopic (exact) mass is 239 g/mol. The van der Waals surface area contributed by atoms with E-state index in [1.165, 1.54) is 7.05 Å². The number of Topliss-reactive ketones (excluding diaryl/α,β-unsaturated/α-hetero) is 2. The van der Waals surface area contributed by atoms with Gasteiger partial charge in [0.25, 0.3) is 0 Å². The van der Waals surface area contributed by atoms with Crippen molar-refractivity contribution >= 4 is 46.4 Å². The van der Waals surface area contributed by atoms with E-state index in [-0.39, 0.29) is 20.8 Å². The van der Waals surface area contributed by atoms with Gasteiger partial charge in [-0.05, 0) is 0 Å². The molecule has 0 radical (unpaired) electrons. The number of carbonyl (C=O) groups excluding carboxylic acids is 2. The van der Waals surface area contributed by atoms with Crippen molar-refractivity contribution in [1.29, 1.82) is 0 Å². The minimum atomic E-state index is -0.641. The van der Waals surface area contributed by atoms with Gasteiger partial charge in [0.2, 0.25) is 11.6 Å². The number of rotatable bonds is 1. The van der Waals surface area contributed by atoms with Crippen LogP contribution in [-0.2, 0) is 9.59 Å². The second kappa shape index (κ2) is 3.70. The zero-order valence-electron chi connectivity index (χ0n) is 6.45. The molecule has 0 aliphatic heterocycles. The summed E-state index contributed by atoms with van der Waals surface area (Å²) in [5, 5.41) is 1.61. The van der Waals surface area contributed by atoms with Crippen molar-refractivity contribution in [2.45, 2.75) is 0 Å². The lowest BCUT2D eigenvalue weighted by Crippen LogP contribution is -2.25. The molecule has 0 spiro atoms. The highest BCUT2D eigenvalue weighted by Gasteiger charge is 2.31. The van der Waals surface area contributed by atoms with Crippen molar-refractivity contribution in [3.63, 3.8) is 0 Å². The predicted molar refractivity (Wildman–Crippen MR) is 50.7 cm³/mol. The molecule has 0 heterocycles. The normalized spacial score (nSPS) is 18.5. The average Bonchev–Trinajstić information content (AvgIpc) is 2.13. The van der Waals surface area contributed by atoms with Gasteiger partial charge in [-0.3, -0.25) is 9.59 Å². The van der Waals surface area contributed by atoms with Crippen LogP contribution in [0.15, 0.2) is 20.8 Å². The molecule has 0 atom stereocenters. The minimum absolute atomic E-state index is 0.0268. The van der Waals surface area contributed by atoms with Gasteiger partial charge in [0.15, 0.2) is 0 Å². The first-order valence-electron chi connectivity index (χ1n) is 3.23. The largest absolute Gasteiger partial charge is 0.384 e. The van der Waals surface area contributed by atoms with E-state index in [2.05, 4.69) is 5.32 Å². The van der Waals surface area contributed by atoms with Crippen LogP contribution in [0.1, 0.15) is 0 Å². The molecule has 1 N–H and O–H groups in total. The number of likely N-dealkylation sites (N-methyl/N-ethyl adjacent to an activating group) is 1. The van der Waals surface area contributed by atoms with Crippen LogP contribution in [0, 0.1) is 0 Å². The van der Waals surface area contributed by atoms with Crippen molar-refractivity contribution in [2.75, 3.05) is 7.05 Å². The Bertz CT molecular complexity index is 357. The van der Waals surface area contributed by atoms with Crippen molar-refractivity contribution in [3.8, 4) is 0 Å². The predicted octanol–water partition coefficient (Wildman–Crippen LogP) is 1.50. The maximum atomic E-state index is 11.3. The van der Waals surface area contributed by atoms with Gasteiger partial charge >= 0.3 is 0 Å². The van der Waals surface area contributed by atoms with Crippen LogP contribution in [0.2, 0.25) is 0 Å². The Morgan fingerprint density at radius 1 is 0.923 bits per heavy atom.